The highest BCUT2D eigenvalue weighted by atomic mass is 16.5. The Bertz CT molecular complexity index is 1030. The lowest BCUT2D eigenvalue weighted by atomic mass is 9.91. The van der Waals surface area contributed by atoms with Crippen LogP contribution in [0.4, 0.5) is 0 Å². The zero-order valence-electron chi connectivity index (χ0n) is 18.0. The molecule has 3 aromatic rings. The summed E-state index contributed by atoms with van der Waals surface area (Å²) in [7, 11) is 0. The summed E-state index contributed by atoms with van der Waals surface area (Å²) in [5, 5.41) is 5.60. The van der Waals surface area contributed by atoms with Gasteiger partial charge in [-0.1, -0.05) is 42.5 Å². The van der Waals surface area contributed by atoms with E-state index in [0.29, 0.717) is 19.6 Å². The van der Waals surface area contributed by atoms with Crippen molar-refractivity contribution >= 4 is 16.7 Å². The standard InChI is InChI=1S/C26H30N2O3/c1-2-30-26(29)25(21-7-9-23(10-8-21)31-24-11-12-28-17-24)15-18-3-5-20-6-4-19(16-27)14-22(20)13-18/h3-10,13-14,24-25,28H,2,11-12,15-17,27H2,1H3/t24-,25+/m0/s1. The number of rotatable bonds is 8. The first-order valence-electron chi connectivity index (χ1n) is 11.0. The molecular weight excluding hydrogens is 388 g/mol. The van der Waals surface area contributed by atoms with Gasteiger partial charge in [0.15, 0.2) is 0 Å². The van der Waals surface area contributed by atoms with Crippen molar-refractivity contribution in [1.82, 2.24) is 5.32 Å². The molecule has 1 aliphatic rings. The first kappa shape index (κ1) is 21.3. The van der Waals surface area contributed by atoms with Crippen molar-refractivity contribution in [1.29, 1.82) is 0 Å². The molecule has 1 aliphatic heterocycles. The number of esters is 1. The van der Waals surface area contributed by atoms with Crippen LogP contribution in [0.2, 0.25) is 0 Å². The van der Waals surface area contributed by atoms with Crippen LogP contribution in [-0.4, -0.2) is 31.8 Å². The molecule has 5 nitrogen and oxygen atoms in total. The van der Waals surface area contributed by atoms with Crippen LogP contribution in [0.15, 0.2) is 60.7 Å². The predicted octanol–water partition coefficient (Wildman–Crippen LogP) is 3.93. The number of hydrogen-bond donors (Lipinski definition) is 2. The smallest absolute Gasteiger partial charge is 0.313 e. The molecule has 3 aromatic carbocycles. The molecular formula is C26H30N2O3. The maximum Gasteiger partial charge on any atom is 0.313 e. The van der Waals surface area contributed by atoms with Crippen LogP contribution < -0.4 is 15.8 Å². The van der Waals surface area contributed by atoms with E-state index < -0.39 is 0 Å². The summed E-state index contributed by atoms with van der Waals surface area (Å²) in [4.78, 5) is 12.8. The fourth-order valence-corrected chi connectivity index (χ4v) is 4.12. The lowest BCUT2D eigenvalue weighted by molar-refractivity contribution is -0.144. The summed E-state index contributed by atoms with van der Waals surface area (Å²) in [6.45, 7) is 4.58. The van der Waals surface area contributed by atoms with Gasteiger partial charge in [-0.05, 0) is 72.0 Å². The average molecular weight is 419 g/mol. The number of ether oxygens (including phenoxy) is 2. The van der Waals surface area contributed by atoms with E-state index in [1.807, 2.05) is 31.2 Å². The van der Waals surface area contributed by atoms with Crippen molar-refractivity contribution in [3.8, 4) is 5.75 Å². The fraction of sp³-hybridized carbons (Fsp3) is 0.346. The number of nitrogens with one attached hydrogen (secondary N) is 1. The Hall–Kier alpha value is -2.89. The molecule has 1 saturated heterocycles. The Morgan fingerprint density at radius 1 is 1.06 bits per heavy atom. The van der Waals surface area contributed by atoms with Crippen LogP contribution in [0.25, 0.3) is 10.8 Å². The summed E-state index contributed by atoms with van der Waals surface area (Å²) in [6, 6.07) is 20.4. The lowest BCUT2D eigenvalue weighted by Crippen LogP contribution is -2.20. The van der Waals surface area contributed by atoms with E-state index in [4.69, 9.17) is 15.2 Å². The third kappa shape index (κ3) is 5.24. The maximum absolute atomic E-state index is 12.8. The first-order valence-corrected chi connectivity index (χ1v) is 11.0. The van der Waals surface area contributed by atoms with E-state index in [9.17, 15) is 4.79 Å². The van der Waals surface area contributed by atoms with Gasteiger partial charge < -0.3 is 20.5 Å². The Labute approximate surface area is 183 Å². The Balaban J connectivity index is 1.56. The first-order chi connectivity index (χ1) is 15.2. The monoisotopic (exact) mass is 418 g/mol. The second kappa shape index (κ2) is 9.94. The van der Waals surface area contributed by atoms with Crippen molar-refractivity contribution in [3.63, 3.8) is 0 Å². The molecule has 0 saturated carbocycles. The lowest BCUT2D eigenvalue weighted by Gasteiger charge is -2.18. The average Bonchev–Trinajstić information content (AvgIpc) is 3.31. The third-order valence-electron chi connectivity index (χ3n) is 5.82. The Kier molecular flexibility index (Phi) is 6.85. The fourth-order valence-electron chi connectivity index (χ4n) is 4.12. The van der Waals surface area contributed by atoms with Gasteiger partial charge in [0.25, 0.3) is 0 Å². The molecule has 0 amide bonds. The van der Waals surface area contributed by atoms with Gasteiger partial charge in [0, 0.05) is 13.1 Å². The Morgan fingerprint density at radius 2 is 1.81 bits per heavy atom. The molecule has 3 N–H and O–H groups in total. The molecule has 0 aromatic heterocycles. The summed E-state index contributed by atoms with van der Waals surface area (Å²) in [5.41, 5.74) is 8.92. The third-order valence-corrected chi connectivity index (χ3v) is 5.82. The number of nitrogens with two attached hydrogens (primary N) is 1. The minimum Gasteiger partial charge on any atom is -0.489 e. The van der Waals surface area contributed by atoms with Crippen LogP contribution in [0, 0.1) is 0 Å². The largest absolute Gasteiger partial charge is 0.489 e. The molecule has 0 bridgehead atoms. The van der Waals surface area contributed by atoms with E-state index in [1.54, 1.807) is 0 Å². The van der Waals surface area contributed by atoms with Gasteiger partial charge >= 0.3 is 5.97 Å². The summed E-state index contributed by atoms with van der Waals surface area (Å²) < 4.78 is 11.4. The van der Waals surface area contributed by atoms with E-state index in [1.165, 1.54) is 0 Å². The summed E-state index contributed by atoms with van der Waals surface area (Å²) in [6.07, 6.45) is 1.80. The molecule has 5 heteroatoms. The minimum atomic E-state index is -0.364. The van der Waals surface area contributed by atoms with Gasteiger partial charge in [-0.15, -0.1) is 0 Å². The van der Waals surface area contributed by atoms with Crippen LogP contribution in [0.1, 0.15) is 36.0 Å². The number of fused-ring (bicyclic) bond motifs is 1. The molecule has 2 atom stereocenters. The predicted molar refractivity (Wildman–Crippen MR) is 123 cm³/mol. The SMILES string of the molecule is CCOC(=O)[C@H](Cc1ccc2ccc(CN)cc2c1)c1ccc(O[C@H]2CCNC2)cc1. The molecule has 0 spiro atoms. The van der Waals surface area contributed by atoms with E-state index in [-0.39, 0.29) is 18.0 Å². The van der Waals surface area contributed by atoms with Crippen LogP contribution in [0.3, 0.4) is 0 Å². The molecule has 0 unspecified atom stereocenters. The number of carbonyl (C=O) groups is 1. The normalized spacial score (nSPS) is 16.9. The van der Waals surface area contributed by atoms with Gasteiger partial charge in [-0.3, -0.25) is 4.79 Å². The highest BCUT2D eigenvalue weighted by Gasteiger charge is 2.23. The van der Waals surface area contributed by atoms with E-state index in [0.717, 1.165) is 52.7 Å². The van der Waals surface area contributed by atoms with Gasteiger partial charge in [0.1, 0.15) is 11.9 Å². The zero-order valence-corrected chi connectivity index (χ0v) is 18.0. The second-order valence-electron chi connectivity index (χ2n) is 8.03. The molecule has 4 rings (SSSR count). The maximum atomic E-state index is 12.8. The molecule has 0 radical (unpaired) electrons. The van der Waals surface area contributed by atoms with E-state index >= 15 is 0 Å². The number of carbonyl (C=O) groups excluding carboxylic acids is 1. The topological polar surface area (TPSA) is 73.6 Å². The zero-order chi connectivity index (χ0) is 21.6. The van der Waals surface area contributed by atoms with Crippen molar-refractivity contribution in [2.45, 2.75) is 38.3 Å². The Morgan fingerprint density at radius 3 is 2.48 bits per heavy atom. The van der Waals surface area contributed by atoms with Gasteiger partial charge in [0.05, 0.1) is 12.5 Å². The minimum absolute atomic E-state index is 0.202. The van der Waals surface area contributed by atoms with Gasteiger partial charge in [0.2, 0.25) is 0 Å². The highest BCUT2D eigenvalue weighted by Crippen LogP contribution is 2.27. The molecule has 1 fully saturated rings. The second-order valence-corrected chi connectivity index (χ2v) is 8.03. The number of hydrogen-bond acceptors (Lipinski definition) is 5. The van der Waals surface area contributed by atoms with Crippen molar-refractivity contribution in [2.75, 3.05) is 19.7 Å². The quantitative estimate of drug-likeness (QED) is 0.542. The van der Waals surface area contributed by atoms with E-state index in [2.05, 4.69) is 41.7 Å². The molecule has 31 heavy (non-hydrogen) atoms. The van der Waals surface area contributed by atoms with Crippen molar-refractivity contribution in [2.24, 2.45) is 5.73 Å². The molecule has 0 aliphatic carbocycles. The van der Waals surface area contributed by atoms with Crippen LogP contribution in [0.5, 0.6) is 5.75 Å². The van der Waals surface area contributed by atoms with Gasteiger partial charge in [-0.25, -0.2) is 0 Å². The number of benzene rings is 3. The summed E-state index contributed by atoms with van der Waals surface area (Å²) in [5.74, 6) is 0.268. The molecule has 162 valence electrons. The van der Waals surface area contributed by atoms with Crippen LogP contribution >= 0.6 is 0 Å². The van der Waals surface area contributed by atoms with Crippen LogP contribution in [-0.2, 0) is 22.5 Å². The molecule has 1 heterocycles. The highest BCUT2D eigenvalue weighted by molar-refractivity contribution is 5.84. The van der Waals surface area contributed by atoms with Crippen molar-refractivity contribution < 1.29 is 14.3 Å². The van der Waals surface area contributed by atoms with Gasteiger partial charge in [-0.2, -0.15) is 0 Å². The summed E-state index contributed by atoms with van der Waals surface area (Å²) >= 11 is 0. The van der Waals surface area contributed by atoms with Crippen molar-refractivity contribution in [3.05, 3.63) is 77.4 Å².